The Morgan fingerprint density at radius 1 is 1.38 bits per heavy atom. The Labute approximate surface area is 134 Å². The van der Waals surface area contributed by atoms with Crippen LogP contribution in [0.1, 0.15) is 31.6 Å². The standard InChI is InChI=1S/C15H20BrNO3S/c1-3-17-13(8-5-9-21(2,18)19)14-10-11-6-4-7-12(16)15(11)20-14/h4,6-7,10,13,17H,3,5,8-9H2,1-2H3. The predicted octanol–water partition coefficient (Wildman–Crippen LogP) is 3.67. The van der Waals surface area contributed by atoms with Crippen LogP contribution in [0.2, 0.25) is 0 Å². The molecular formula is C15H20BrNO3S. The van der Waals surface area contributed by atoms with Gasteiger partial charge in [-0.15, -0.1) is 0 Å². The zero-order valence-electron chi connectivity index (χ0n) is 12.2. The highest BCUT2D eigenvalue weighted by atomic mass is 79.9. The van der Waals surface area contributed by atoms with E-state index in [9.17, 15) is 8.42 Å². The van der Waals surface area contributed by atoms with Crippen LogP contribution in [0, 0.1) is 0 Å². The number of fused-ring (bicyclic) bond motifs is 1. The normalized spacial score (nSPS) is 13.7. The largest absolute Gasteiger partial charge is 0.458 e. The average molecular weight is 374 g/mol. The van der Waals surface area contributed by atoms with Crippen LogP contribution in [0.15, 0.2) is 33.2 Å². The van der Waals surface area contributed by atoms with E-state index in [1.807, 2.05) is 31.2 Å². The molecule has 1 heterocycles. The van der Waals surface area contributed by atoms with Crippen LogP contribution in [-0.2, 0) is 9.84 Å². The average Bonchev–Trinajstić information content (AvgIpc) is 2.82. The van der Waals surface area contributed by atoms with Gasteiger partial charge in [-0.25, -0.2) is 8.42 Å². The third-order valence-corrected chi connectivity index (χ3v) is 4.97. The second kappa shape index (κ2) is 6.94. The highest BCUT2D eigenvalue weighted by molar-refractivity contribution is 9.10. The molecule has 2 aromatic rings. The summed E-state index contributed by atoms with van der Waals surface area (Å²) in [5, 5.41) is 4.41. The van der Waals surface area contributed by atoms with E-state index < -0.39 is 9.84 Å². The molecule has 0 fully saturated rings. The van der Waals surface area contributed by atoms with Gasteiger partial charge in [0.2, 0.25) is 0 Å². The molecule has 0 bridgehead atoms. The number of hydrogen-bond donors (Lipinski definition) is 1. The predicted molar refractivity (Wildman–Crippen MR) is 89.3 cm³/mol. The van der Waals surface area contributed by atoms with Crippen LogP contribution in [-0.4, -0.2) is 27.0 Å². The summed E-state index contributed by atoms with van der Waals surface area (Å²) in [6.07, 6.45) is 2.63. The van der Waals surface area contributed by atoms with E-state index in [2.05, 4.69) is 21.2 Å². The first-order valence-corrected chi connectivity index (χ1v) is 9.85. The van der Waals surface area contributed by atoms with Gasteiger partial charge in [0.05, 0.1) is 10.5 Å². The van der Waals surface area contributed by atoms with Crippen molar-refractivity contribution in [1.82, 2.24) is 5.32 Å². The van der Waals surface area contributed by atoms with E-state index in [4.69, 9.17) is 4.42 Å². The highest BCUT2D eigenvalue weighted by Gasteiger charge is 2.17. The van der Waals surface area contributed by atoms with Crippen molar-refractivity contribution in [2.45, 2.75) is 25.8 Å². The van der Waals surface area contributed by atoms with Gasteiger partial charge >= 0.3 is 0 Å². The summed E-state index contributed by atoms with van der Waals surface area (Å²) in [5.74, 6) is 1.06. The van der Waals surface area contributed by atoms with Crippen LogP contribution in [0.25, 0.3) is 11.0 Å². The summed E-state index contributed by atoms with van der Waals surface area (Å²) >= 11 is 3.48. The molecule has 0 spiro atoms. The molecule has 1 aromatic heterocycles. The number of hydrogen-bond acceptors (Lipinski definition) is 4. The first-order valence-electron chi connectivity index (χ1n) is 7.00. The zero-order chi connectivity index (χ0) is 15.5. The molecule has 116 valence electrons. The van der Waals surface area contributed by atoms with Gasteiger partial charge in [-0.1, -0.05) is 19.1 Å². The molecule has 21 heavy (non-hydrogen) atoms. The molecule has 2 rings (SSSR count). The van der Waals surface area contributed by atoms with Crippen molar-refractivity contribution in [2.24, 2.45) is 0 Å². The molecule has 1 unspecified atom stereocenters. The monoisotopic (exact) mass is 373 g/mol. The van der Waals surface area contributed by atoms with Crippen LogP contribution in [0.4, 0.5) is 0 Å². The molecule has 1 atom stereocenters. The van der Waals surface area contributed by atoms with Crippen LogP contribution in [0.3, 0.4) is 0 Å². The third kappa shape index (κ3) is 4.56. The zero-order valence-corrected chi connectivity index (χ0v) is 14.6. The van der Waals surface area contributed by atoms with E-state index in [0.29, 0.717) is 6.42 Å². The SMILES string of the molecule is CCNC(CCCS(C)(=O)=O)c1cc2cccc(Br)c2o1. The summed E-state index contributed by atoms with van der Waals surface area (Å²) in [5.41, 5.74) is 0.832. The Hall–Kier alpha value is -0.850. The maximum absolute atomic E-state index is 11.2. The number of rotatable bonds is 7. The van der Waals surface area contributed by atoms with Crippen LogP contribution < -0.4 is 5.32 Å². The fraction of sp³-hybridized carbons (Fsp3) is 0.467. The van der Waals surface area contributed by atoms with Crippen molar-refractivity contribution in [3.63, 3.8) is 0 Å². The molecule has 1 N–H and O–H groups in total. The molecule has 0 saturated carbocycles. The van der Waals surface area contributed by atoms with Gasteiger partial charge < -0.3 is 9.73 Å². The molecule has 0 aliphatic heterocycles. The van der Waals surface area contributed by atoms with Gasteiger partial charge in [0, 0.05) is 17.4 Å². The number of nitrogens with one attached hydrogen (secondary N) is 1. The number of furan rings is 1. The fourth-order valence-electron chi connectivity index (χ4n) is 2.36. The molecule has 4 nitrogen and oxygen atoms in total. The van der Waals surface area contributed by atoms with Crippen LogP contribution >= 0.6 is 15.9 Å². The second-order valence-corrected chi connectivity index (χ2v) is 8.30. The quantitative estimate of drug-likeness (QED) is 0.804. The molecule has 6 heteroatoms. The minimum absolute atomic E-state index is 0.0380. The van der Waals surface area contributed by atoms with E-state index in [1.165, 1.54) is 6.26 Å². The minimum Gasteiger partial charge on any atom is -0.458 e. The van der Waals surface area contributed by atoms with E-state index in [-0.39, 0.29) is 11.8 Å². The van der Waals surface area contributed by atoms with Crippen LogP contribution in [0.5, 0.6) is 0 Å². The molecule has 0 aliphatic carbocycles. The molecule has 0 amide bonds. The smallest absolute Gasteiger partial charge is 0.148 e. The Morgan fingerprint density at radius 3 is 2.76 bits per heavy atom. The Balaban J connectivity index is 2.17. The van der Waals surface area contributed by atoms with Crippen molar-refractivity contribution < 1.29 is 12.8 Å². The van der Waals surface area contributed by atoms with Crippen molar-refractivity contribution in [1.29, 1.82) is 0 Å². The van der Waals surface area contributed by atoms with Gasteiger partial charge in [-0.2, -0.15) is 0 Å². The summed E-state index contributed by atoms with van der Waals surface area (Å²) in [6.45, 7) is 2.84. The highest BCUT2D eigenvalue weighted by Crippen LogP contribution is 2.31. The first-order chi connectivity index (χ1) is 9.90. The molecular weight excluding hydrogens is 354 g/mol. The van der Waals surface area contributed by atoms with Crippen molar-refractivity contribution >= 4 is 36.7 Å². The van der Waals surface area contributed by atoms with Gasteiger partial charge in [-0.3, -0.25) is 0 Å². The number of benzene rings is 1. The molecule has 0 radical (unpaired) electrons. The molecule has 0 saturated heterocycles. The lowest BCUT2D eigenvalue weighted by molar-refractivity contribution is 0.414. The van der Waals surface area contributed by atoms with Gasteiger partial charge in [0.1, 0.15) is 21.2 Å². The number of halogens is 1. The van der Waals surface area contributed by atoms with Gasteiger partial charge in [0.25, 0.3) is 0 Å². The maximum Gasteiger partial charge on any atom is 0.148 e. The van der Waals surface area contributed by atoms with E-state index in [1.54, 1.807) is 0 Å². The summed E-state index contributed by atoms with van der Waals surface area (Å²) < 4.78 is 29.4. The first kappa shape index (κ1) is 16.5. The topological polar surface area (TPSA) is 59.3 Å². The minimum atomic E-state index is -2.91. The second-order valence-electron chi connectivity index (χ2n) is 5.19. The summed E-state index contributed by atoms with van der Waals surface area (Å²) in [6, 6.07) is 7.98. The fourth-order valence-corrected chi connectivity index (χ4v) is 3.51. The number of para-hydroxylation sites is 1. The third-order valence-electron chi connectivity index (χ3n) is 3.32. The Bertz CT molecular complexity index is 709. The Kier molecular flexibility index (Phi) is 5.46. The summed E-state index contributed by atoms with van der Waals surface area (Å²) in [4.78, 5) is 0. The van der Waals surface area contributed by atoms with Crippen molar-refractivity contribution in [3.8, 4) is 0 Å². The molecule has 0 aliphatic rings. The van der Waals surface area contributed by atoms with Crippen molar-refractivity contribution in [2.75, 3.05) is 18.6 Å². The lowest BCUT2D eigenvalue weighted by Gasteiger charge is -2.14. The molecule has 1 aromatic carbocycles. The number of sulfone groups is 1. The lowest BCUT2D eigenvalue weighted by Crippen LogP contribution is -2.21. The van der Waals surface area contributed by atoms with Gasteiger partial charge in [-0.05, 0) is 47.4 Å². The Morgan fingerprint density at radius 2 is 2.14 bits per heavy atom. The summed E-state index contributed by atoms with van der Waals surface area (Å²) in [7, 11) is -2.91. The maximum atomic E-state index is 11.2. The van der Waals surface area contributed by atoms with E-state index in [0.717, 1.165) is 34.2 Å². The van der Waals surface area contributed by atoms with Crippen molar-refractivity contribution in [3.05, 3.63) is 34.5 Å². The van der Waals surface area contributed by atoms with E-state index >= 15 is 0 Å². The lowest BCUT2D eigenvalue weighted by atomic mass is 10.1. The van der Waals surface area contributed by atoms with Gasteiger partial charge in [0.15, 0.2) is 0 Å².